The largest absolute Gasteiger partial charge is 0.467 e. The summed E-state index contributed by atoms with van der Waals surface area (Å²) in [6, 6.07) is 8.12. The normalized spacial score (nSPS) is 11.8. The second-order valence-electron chi connectivity index (χ2n) is 4.92. The number of hydrogen-bond acceptors (Lipinski definition) is 4. The van der Waals surface area contributed by atoms with Crippen LogP contribution in [0.1, 0.15) is 11.9 Å². The number of hydrogen-bond donors (Lipinski definition) is 3. The quantitative estimate of drug-likeness (QED) is 0.790. The van der Waals surface area contributed by atoms with E-state index >= 15 is 0 Å². The molecule has 0 saturated carbocycles. The van der Waals surface area contributed by atoms with Crippen LogP contribution in [0.3, 0.4) is 0 Å². The molecule has 0 fully saturated rings. The maximum Gasteiger partial charge on any atom is 0.319 e. The summed E-state index contributed by atoms with van der Waals surface area (Å²) in [6.45, 7) is 0.0389. The van der Waals surface area contributed by atoms with E-state index in [2.05, 4.69) is 10.6 Å². The first-order chi connectivity index (χ1) is 10.5. The van der Waals surface area contributed by atoms with Crippen molar-refractivity contribution in [2.75, 3.05) is 30.9 Å². The van der Waals surface area contributed by atoms with Gasteiger partial charge in [0.15, 0.2) is 0 Å². The minimum atomic E-state index is -0.895. The third-order valence-electron chi connectivity index (χ3n) is 3.02. The van der Waals surface area contributed by atoms with E-state index in [1.165, 1.54) is 6.26 Å². The van der Waals surface area contributed by atoms with Crippen molar-refractivity contribution in [2.24, 2.45) is 0 Å². The molecule has 1 aromatic carbocycles. The van der Waals surface area contributed by atoms with E-state index in [0.717, 1.165) is 5.69 Å². The van der Waals surface area contributed by atoms with Gasteiger partial charge in [-0.25, -0.2) is 4.79 Å². The molecule has 0 spiro atoms. The summed E-state index contributed by atoms with van der Waals surface area (Å²) in [5.41, 5.74) is 1.41. The van der Waals surface area contributed by atoms with Crippen molar-refractivity contribution < 1.29 is 14.3 Å². The van der Waals surface area contributed by atoms with E-state index in [0.29, 0.717) is 16.5 Å². The minimum absolute atomic E-state index is 0.0389. The van der Waals surface area contributed by atoms with E-state index in [1.807, 2.05) is 25.1 Å². The van der Waals surface area contributed by atoms with E-state index in [1.54, 1.807) is 24.3 Å². The summed E-state index contributed by atoms with van der Waals surface area (Å²) >= 11 is 5.96. The second kappa shape index (κ2) is 7.20. The molecule has 2 aromatic rings. The van der Waals surface area contributed by atoms with Crippen molar-refractivity contribution >= 4 is 29.0 Å². The topological polar surface area (TPSA) is 77.7 Å². The zero-order chi connectivity index (χ0) is 16.1. The van der Waals surface area contributed by atoms with E-state index < -0.39 is 12.1 Å². The van der Waals surface area contributed by atoms with Crippen LogP contribution in [0.25, 0.3) is 0 Å². The van der Waals surface area contributed by atoms with Crippen LogP contribution in [0.2, 0.25) is 5.02 Å². The molecule has 0 bridgehead atoms. The van der Waals surface area contributed by atoms with Gasteiger partial charge >= 0.3 is 6.03 Å². The fourth-order valence-electron chi connectivity index (χ4n) is 1.94. The van der Waals surface area contributed by atoms with Crippen LogP contribution >= 0.6 is 11.6 Å². The van der Waals surface area contributed by atoms with Crippen molar-refractivity contribution in [2.45, 2.75) is 6.10 Å². The molecule has 0 radical (unpaired) electrons. The minimum Gasteiger partial charge on any atom is -0.467 e. The molecule has 118 valence electrons. The van der Waals surface area contributed by atoms with Crippen LogP contribution in [-0.4, -0.2) is 31.8 Å². The molecule has 22 heavy (non-hydrogen) atoms. The predicted octanol–water partition coefficient (Wildman–Crippen LogP) is 2.85. The average molecular weight is 324 g/mol. The summed E-state index contributed by atoms with van der Waals surface area (Å²) in [6.07, 6.45) is 0.571. The van der Waals surface area contributed by atoms with Crippen LogP contribution in [0, 0.1) is 0 Å². The number of aliphatic hydroxyl groups is 1. The summed E-state index contributed by atoms with van der Waals surface area (Å²) in [5, 5.41) is 15.7. The number of benzene rings is 1. The van der Waals surface area contributed by atoms with Crippen molar-refractivity contribution in [3.63, 3.8) is 0 Å². The van der Waals surface area contributed by atoms with Crippen LogP contribution in [0.5, 0.6) is 0 Å². The maximum absolute atomic E-state index is 11.9. The van der Waals surface area contributed by atoms with Gasteiger partial charge < -0.3 is 25.1 Å². The third kappa shape index (κ3) is 4.16. The lowest BCUT2D eigenvalue weighted by molar-refractivity contribution is 0.149. The Labute approximate surface area is 133 Å². The van der Waals surface area contributed by atoms with Gasteiger partial charge in [-0.05, 0) is 30.3 Å². The number of anilines is 2. The second-order valence-corrected chi connectivity index (χ2v) is 5.36. The van der Waals surface area contributed by atoms with Crippen molar-refractivity contribution in [3.05, 3.63) is 47.4 Å². The summed E-state index contributed by atoms with van der Waals surface area (Å²) in [5.74, 6) is 0.400. The predicted molar refractivity (Wildman–Crippen MR) is 86.5 cm³/mol. The smallest absolute Gasteiger partial charge is 0.319 e. The average Bonchev–Trinajstić information content (AvgIpc) is 2.98. The number of rotatable bonds is 5. The number of nitrogens with zero attached hydrogens (tertiary/aromatic N) is 1. The fourth-order valence-corrected chi connectivity index (χ4v) is 2.11. The molecule has 2 rings (SSSR count). The SMILES string of the molecule is CN(C)c1ccc(Cl)cc1NC(=O)NCC(O)c1ccco1. The zero-order valence-corrected chi connectivity index (χ0v) is 13.1. The molecule has 1 heterocycles. The molecule has 1 unspecified atom stereocenters. The van der Waals surface area contributed by atoms with Gasteiger partial charge in [-0.1, -0.05) is 11.6 Å². The van der Waals surface area contributed by atoms with Crippen LogP contribution in [0.4, 0.5) is 16.2 Å². The van der Waals surface area contributed by atoms with E-state index in [4.69, 9.17) is 16.0 Å². The summed E-state index contributed by atoms with van der Waals surface area (Å²) < 4.78 is 5.07. The Morgan fingerprint density at radius 2 is 2.18 bits per heavy atom. The highest BCUT2D eigenvalue weighted by Gasteiger charge is 2.13. The lowest BCUT2D eigenvalue weighted by Crippen LogP contribution is -2.32. The first-order valence-electron chi connectivity index (χ1n) is 6.70. The molecule has 3 N–H and O–H groups in total. The number of amides is 2. The van der Waals surface area contributed by atoms with Crippen LogP contribution in [0.15, 0.2) is 41.0 Å². The Bertz CT molecular complexity index is 629. The number of aliphatic hydroxyl groups excluding tert-OH is 1. The number of carbonyl (C=O) groups excluding carboxylic acids is 1. The molecule has 0 saturated heterocycles. The Morgan fingerprint density at radius 1 is 1.41 bits per heavy atom. The van der Waals surface area contributed by atoms with Crippen molar-refractivity contribution in [3.8, 4) is 0 Å². The summed E-state index contributed by atoms with van der Waals surface area (Å²) in [7, 11) is 3.74. The van der Waals surface area contributed by atoms with E-state index in [9.17, 15) is 9.90 Å². The Balaban J connectivity index is 1.96. The monoisotopic (exact) mass is 323 g/mol. The molecule has 0 aliphatic carbocycles. The Morgan fingerprint density at radius 3 is 2.82 bits per heavy atom. The Kier molecular flexibility index (Phi) is 5.30. The molecule has 6 nitrogen and oxygen atoms in total. The molecule has 0 aliphatic rings. The van der Waals surface area contributed by atoms with E-state index in [-0.39, 0.29) is 6.54 Å². The zero-order valence-electron chi connectivity index (χ0n) is 12.3. The first-order valence-corrected chi connectivity index (χ1v) is 7.08. The lowest BCUT2D eigenvalue weighted by atomic mass is 10.2. The van der Waals surface area contributed by atoms with Gasteiger partial charge in [0, 0.05) is 19.1 Å². The number of urea groups is 1. The lowest BCUT2D eigenvalue weighted by Gasteiger charge is -2.18. The van der Waals surface area contributed by atoms with Crippen molar-refractivity contribution in [1.82, 2.24) is 5.32 Å². The number of nitrogens with one attached hydrogen (secondary N) is 2. The van der Waals surface area contributed by atoms with Gasteiger partial charge in [0.1, 0.15) is 11.9 Å². The molecular formula is C15H18ClN3O3. The first kappa shape index (κ1) is 16.2. The molecule has 2 amide bonds. The third-order valence-corrected chi connectivity index (χ3v) is 3.25. The van der Waals surface area contributed by atoms with Crippen molar-refractivity contribution in [1.29, 1.82) is 0 Å². The molecule has 7 heteroatoms. The van der Waals surface area contributed by atoms with Gasteiger partial charge in [-0.2, -0.15) is 0 Å². The molecular weight excluding hydrogens is 306 g/mol. The van der Waals surface area contributed by atoms with Crippen LogP contribution < -0.4 is 15.5 Å². The van der Waals surface area contributed by atoms with Gasteiger partial charge in [-0.15, -0.1) is 0 Å². The molecule has 0 aliphatic heterocycles. The van der Waals surface area contributed by atoms with Gasteiger partial charge in [-0.3, -0.25) is 0 Å². The molecule has 1 atom stereocenters. The highest BCUT2D eigenvalue weighted by molar-refractivity contribution is 6.31. The Hall–Kier alpha value is -2.18. The number of furan rings is 1. The number of halogens is 1. The van der Waals surface area contributed by atoms with Gasteiger partial charge in [0.05, 0.1) is 24.2 Å². The fraction of sp³-hybridized carbons (Fsp3) is 0.267. The maximum atomic E-state index is 11.9. The van der Waals surface area contributed by atoms with Crippen LogP contribution in [-0.2, 0) is 0 Å². The molecule has 1 aromatic heterocycles. The van der Waals surface area contributed by atoms with Gasteiger partial charge in [0.2, 0.25) is 0 Å². The highest BCUT2D eigenvalue weighted by Crippen LogP contribution is 2.27. The summed E-state index contributed by atoms with van der Waals surface area (Å²) in [4.78, 5) is 13.8. The highest BCUT2D eigenvalue weighted by atomic mass is 35.5. The standard InChI is InChI=1S/C15H18ClN3O3/c1-19(2)12-6-5-10(16)8-11(12)18-15(21)17-9-13(20)14-4-3-7-22-14/h3-8,13,20H,9H2,1-2H3,(H2,17,18,21). The number of carbonyl (C=O) groups is 1. The van der Waals surface area contributed by atoms with Gasteiger partial charge in [0.25, 0.3) is 0 Å².